The Morgan fingerprint density at radius 2 is 2.00 bits per heavy atom. The van der Waals surface area contributed by atoms with E-state index in [9.17, 15) is 9.59 Å². The van der Waals surface area contributed by atoms with E-state index in [4.69, 9.17) is 4.74 Å². The van der Waals surface area contributed by atoms with Crippen molar-refractivity contribution in [3.63, 3.8) is 0 Å². The number of nitrogens with zero attached hydrogens (tertiary/aromatic N) is 1. The quantitative estimate of drug-likeness (QED) is 0.703. The maximum atomic E-state index is 11.5. The van der Waals surface area contributed by atoms with Gasteiger partial charge in [0.05, 0.1) is 6.61 Å². The van der Waals surface area contributed by atoms with E-state index in [1.807, 2.05) is 0 Å². The summed E-state index contributed by atoms with van der Waals surface area (Å²) < 4.78 is 5.05. The van der Waals surface area contributed by atoms with Crippen LogP contribution in [0.25, 0.3) is 0 Å². The molecule has 84 valence electrons. The van der Waals surface area contributed by atoms with Crippen LogP contribution in [0, 0.1) is 0 Å². The Balaban J connectivity index is 2.20. The van der Waals surface area contributed by atoms with E-state index in [0.29, 0.717) is 18.7 Å². The van der Waals surface area contributed by atoms with Crippen molar-refractivity contribution in [2.75, 3.05) is 24.7 Å². The highest BCUT2D eigenvalue weighted by Gasteiger charge is 2.19. The van der Waals surface area contributed by atoms with Crippen LogP contribution in [-0.2, 0) is 9.53 Å². The first-order chi connectivity index (χ1) is 7.68. The number of carbonyl (C=O) groups excluding carboxylic acids is 2. The molecule has 0 aromatic heterocycles. The predicted octanol–water partition coefficient (Wildman–Crippen LogP) is 1.25. The van der Waals surface area contributed by atoms with Crippen LogP contribution in [0.1, 0.15) is 17.3 Å². The average molecular weight is 219 g/mol. The third kappa shape index (κ3) is 2.12. The summed E-state index contributed by atoms with van der Waals surface area (Å²) >= 11 is 0. The number of rotatable bonds is 2. The Bertz CT molecular complexity index is 411. The summed E-state index contributed by atoms with van der Waals surface area (Å²) in [6, 6.07) is 7.06. The van der Waals surface area contributed by atoms with E-state index >= 15 is 0 Å². The lowest BCUT2D eigenvalue weighted by Gasteiger charge is -2.26. The van der Waals surface area contributed by atoms with E-state index in [0.717, 1.165) is 5.69 Å². The molecule has 0 aliphatic carbocycles. The molecule has 1 heterocycles. The van der Waals surface area contributed by atoms with Crippen LogP contribution >= 0.6 is 0 Å². The van der Waals surface area contributed by atoms with Crippen molar-refractivity contribution in [2.45, 2.75) is 6.92 Å². The minimum absolute atomic E-state index is 0.0276. The monoisotopic (exact) mass is 219 g/mol. The number of ketones is 1. The number of anilines is 1. The number of Topliss-reactive ketones (excluding diaryl/α,β-unsaturated/α-hetero) is 1. The Morgan fingerprint density at radius 1 is 1.31 bits per heavy atom. The van der Waals surface area contributed by atoms with Crippen LogP contribution in [0.2, 0.25) is 0 Å². The smallest absolute Gasteiger partial charge is 0.253 e. The summed E-state index contributed by atoms with van der Waals surface area (Å²) in [6.45, 7) is 2.78. The van der Waals surface area contributed by atoms with Crippen molar-refractivity contribution >= 4 is 17.4 Å². The van der Waals surface area contributed by atoms with Gasteiger partial charge in [0.15, 0.2) is 5.78 Å². The SMILES string of the molecule is CC(=O)c1ccc(N2CCOCC2=O)cc1. The lowest BCUT2D eigenvalue weighted by atomic mass is 10.1. The fourth-order valence-electron chi connectivity index (χ4n) is 1.67. The Hall–Kier alpha value is -1.68. The van der Waals surface area contributed by atoms with Crippen LogP contribution in [0.5, 0.6) is 0 Å². The van der Waals surface area contributed by atoms with Gasteiger partial charge in [0, 0.05) is 17.8 Å². The zero-order valence-corrected chi connectivity index (χ0v) is 9.10. The number of amides is 1. The number of morpholine rings is 1. The molecule has 0 bridgehead atoms. The molecule has 1 aliphatic heterocycles. The molecule has 4 nitrogen and oxygen atoms in total. The number of carbonyl (C=O) groups is 2. The van der Waals surface area contributed by atoms with Gasteiger partial charge in [-0.25, -0.2) is 0 Å². The highest BCUT2D eigenvalue weighted by atomic mass is 16.5. The van der Waals surface area contributed by atoms with Crippen molar-refractivity contribution in [3.8, 4) is 0 Å². The minimum atomic E-state index is -0.0400. The second kappa shape index (κ2) is 4.45. The topological polar surface area (TPSA) is 46.6 Å². The van der Waals surface area contributed by atoms with Crippen LogP contribution < -0.4 is 4.90 Å². The summed E-state index contributed by atoms with van der Waals surface area (Å²) in [6.07, 6.45) is 0. The Kier molecular flexibility index (Phi) is 3.01. The van der Waals surface area contributed by atoms with Crippen LogP contribution in [0.3, 0.4) is 0 Å². The number of benzene rings is 1. The molecule has 0 unspecified atom stereocenters. The van der Waals surface area contributed by atoms with E-state index in [1.165, 1.54) is 6.92 Å². The zero-order chi connectivity index (χ0) is 11.5. The fourth-order valence-corrected chi connectivity index (χ4v) is 1.67. The fraction of sp³-hybridized carbons (Fsp3) is 0.333. The molecule has 0 atom stereocenters. The van der Waals surface area contributed by atoms with Crippen molar-refractivity contribution in [1.29, 1.82) is 0 Å². The van der Waals surface area contributed by atoms with Gasteiger partial charge in [0.1, 0.15) is 6.61 Å². The second-order valence-corrected chi connectivity index (χ2v) is 3.70. The summed E-state index contributed by atoms with van der Waals surface area (Å²) in [4.78, 5) is 24.3. The molecule has 1 amide bonds. The molecule has 0 saturated carbocycles. The average Bonchev–Trinajstić information content (AvgIpc) is 2.30. The summed E-state index contributed by atoms with van der Waals surface area (Å²) in [5.74, 6) is -0.0123. The standard InChI is InChI=1S/C12H13NO3/c1-9(14)10-2-4-11(5-3-10)13-6-7-16-8-12(13)15/h2-5H,6-8H2,1H3. The van der Waals surface area contributed by atoms with Gasteiger partial charge in [-0.1, -0.05) is 0 Å². The third-order valence-corrected chi connectivity index (χ3v) is 2.57. The normalized spacial score (nSPS) is 16.3. The maximum absolute atomic E-state index is 11.5. The largest absolute Gasteiger partial charge is 0.370 e. The summed E-state index contributed by atoms with van der Waals surface area (Å²) in [5, 5.41) is 0. The molecule has 0 spiro atoms. The lowest BCUT2D eigenvalue weighted by Crippen LogP contribution is -2.41. The van der Waals surface area contributed by atoms with Gasteiger partial charge in [-0.3, -0.25) is 9.59 Å². The lowest BCUT2D eigenvalue weighted by molar-refractivity contribution is -0.125. The van der Waals surface area contributed by atoms with Gasteiger partial charge in [0.25, 0.3) is 5.91 Å². The first-order valence-electron chi connectivity index (χ1n) is 5.17. The number of hydrogen-bond donors (Lipinski definition) is 0. The highest BCUT2D eigenvalue weighted by molar-refractivity contribution is 5.97. The molecule has 2 rings (SSSR count). The molecule has 1 aromatic rings. The van der Waals surface area contributed by atoms with Crippen molar-refractivity contribution in [2.24, 2.45) is 0 Å². The molecular formula is C12H13NO3. The van der Waals surface area contributed by atoms with Crippen LogP contribution in [0.4, 0.5) is 5.69 Å². The second-order valence-electron chi connectivity index (χ2n) is 3.70. The zero-order valence-electron chi connectivity index (χ0n) is 9.10. The Labute approximate surface area is 93.8 Å². The molecule has 0 N–H and O–H groups in total. The molecule has 1 aromatic carbocycles. The van der Waals surface area contributed by atoms with E-state index < -0.39 is 0 Å². The highest BCUT2D eigenvalue weighted by Crippen LogP contribution is 2.17. The maximum Gasteiger partial charge on any atom is 0.253 e. The van der Waals surface area contributed by atoms with Gasteiger partial charge in [0.2, 0.25) is 0 Å². The summed E-state index contributed by atoms with van der Waals surface area (Å²) in [5.41, 5.74) is 1.47. The van der Waals surface area contributed by atoms with Gasteiger partial charge in [-0.15, -0.1) is 0 Å². The minimum Gasteiger partial charge on any atom is -0.370 e. The van der Waals surface area contributed by atoms with Crippen LogP contribution in [-0.4, -0.2) is 31.4 Å². The van der Waals surface area contributed by atoms with Crippen molar-refractivity contribution in [1.82, 2.24) is 0 Å². The van der Waals surface area contributed by atoms with Crippen molar-refractivity contribution < 1.29 is 14.3 Å². The first kappa shape index (κ1) is 10.8. The van der Waals surface area contributed by atoms with E-state index in [2.05, 4.69) is 0 Å². The number of hydrogen-bond acceptors (Lipinski definition) is 3. The first-order valence-corrected chi connectivity index (χ1v) is 5.17. The van der Waals surface area contributed by atoms with Gasteiger partial charge in [-0.05, 0) is 31.2 Å². The van der Waals surface area contributed by atoms with Gasteiger partial charge >= 0.3 is 0 Å². The third-order valence-electron chi connectivity index (χ3n) is 2.57. The van der Waals surface area contributed by atoms with Crippen LogP contribution in [0.15, 0.2) is 24.3 Å². The molecule has 1 saturated heterocycles. The molecule has 1 fully saturated rings. The van der Waals surface area contributed by atoms with Gasteiger partial charge in [-0.2, -0.15) is 0 Å². The molecule has 1 aliphatic rings. The van der Waals surface area contributed by atoms with E-state index in [1.54, 1.807) is 29.2 Å². The predicted molar refractivity (Wildman–Crippen MR) is 59.6 cm³/mol. The summed E-state index contributed by atoms with van der Waals surface area (Å²) in [7, 11) is 0. The molecule has 4 heteroatoms. The molecule has 16 heavy (non-hydrogen) atoms. The molecule has 0 radical (unpaired) electrons. The Morgan fingerprint density at radius 3 is 2.56 bits per heavy atom. The molecular weight excluding hydrogens is 206 g/mol. The van der Waals surface area contributed by atoms with Crippen molar-refractivity contribution in [3.05, 3.63) is 29.8 Å². The van der Waals surface area contributed by atoms with E-state index in [-0.39, 0.29) is 18.3 Å². The van der Waals surface area contributed by atoms with Gasteiger partial charge < -0.3 is 9.64 Å². The number of ether oxygens (including phenoxy) is 1.